The van der Waals surface area contributed by atoms with E-state index in [1.165, 1.54) is 19.2 Å². The second-order valence-corrected chi connectivity index (χ2v) is 5.91. The van der Waals surface area contributed by atoms with E-state index >= 15 is 0 Å². The standard InChI is InChI=1S/C17H19FO3S/c1-3-22-17-7-5-4-6-16(17)21-11-14(19)12-8-9-15(20-2)13(18)10-12/h4-10,14,19H,3,11H2,1-2H3. The van der Waals surface area contributed by atoms with E-state index in [0.717, 1.165) is 16.4 Å². The van der Waals surface area contributed by atoms with Gasteiger partial charge in [-0.1, -0.05) is 25.1 Å². The highest BCUT2D eigenvalue weighted by Gasteiger charge is 2.13. The third kappa shape index (κ3) is 4.15. The van der Waals surface area contributed by atoms with E-state index in [9.17, 15) is 9.50 Å². The van der Waals surface area contributed by atoms with Crippen molar-refractivity contribution in [3.63, 3.8) is 0 Å². The topological polar surface area (TPSA) is 38.7 Å². The average Bonchev–Trinajstić information content (AvgIpc) is 2.54. The number of hydrogen-bond donors (Lipinski definition) is 1. The quantitative estimate of drug-likeness (QED) is 0.780. The Kier molecular flexibility index (Phi) is 6.10. The van der Waals surface area contributed by atoms with Gasteiger partial charge in [-0.3, -0.25) is 0 Å². The zero-order valence-corrected chi connectivity index (χ0v) is 13.4. The van der Waals surface area contributed by atoms with Gasteiger partial charge in [-0.05, 0) is 35.6 Å². The molecule has 2 aromatic rings. The zero-order valence-electron chi connectivity index (χ0n) is 12.6. The number of benzene rings is 2. The maximum absolute atomic E-state index is 13.7. The Bertz CT molecular complexity index is 619. The van der Waals surface area contributed by atoms with Gasteiger partial charge in [0, 0.05) is 4.90 Å². The lowest BCUT2D eigenvalue weighted by Crippen LogP contribution is -2.10. The molecule has 1 unspecified atom stereocenters. The first kappa shape index (κ1) is 16.6. The summed E-state index contributed by atoms with van der Waals surface area (Å²) in [7, 11) is 1.40. The summed E-state index contributed by atoms with van der Waals surface area (Å²) in [6, 6.07) is 12.0. The molecule has 2 aromatic carbocycles. The van der Waals surface area contributed by atoms with Crippen molar-refractivity contribution in [2.75, 3.05) is 19.5 Å². The maximum Gasteiger partial charge on any atom is 0.165 e. The molecule has 1 atom stereocenters. The maximum atomic E-state index is 13.7. The molecule has 5 heteroatoms. The number of hydrogen-bond acceptors (Lipinski definition) is 4. The highest BCUT2D eigenvalue weighted by molar-refractivity contribution is 7.99. The number of halogens is 1. The van der Waals surface area contributed by atoms with Crippen LogP contribution in [0.4, 0.5) is 4.39 Å². The minimum absolute atomic E-state index is 0.0626. The van der Waals surface area contributed by atoms with Crippen molar-refractivity contribution in [3.8, 4) is 11.5 Å². The summed E-state index contributed by atoms with van der Waals surface area (Å²) in [6.07, 6.45) is -0.903. The van der Waals surface area contributed by atoms with E-state index in [1.807, 2.05) is 24.3 Å². The molecule has 0 aliphatic rings. The van der Waals surface area contributed by atoms with Crippen LogP contribution in [0.5, 0.6) is 11.5 Å². The van der Waals surface area contributed by atoms with Gasteiger partial charge in [0.1, 0.15) is 18.5 Å². The van der Waals surface area contributed by atoms with Gasteiger partial charge in [0.15, 0.2) is 11.6 Å². The van der Waals surface area contributed by atoms with Crippen LogP contribution in [0.25, 0.3) is 0 Å². The van der Waals surface area contributed by atoms with Crippen molar-refractivity contribution in [2.24, 2.45) is 0 Å². The second kappa shape index (κ2) is 8.06. The Morgan fingerprint density at radius 3 is 2.64 bits per heavy atom. The fraction of sp³-hybridized carbons (Fsp3) is 0.294. The molecular weight excluding hydrogens is 303 g/mol. The third-order valence-electron chi connectivity index (χ3n) is 3.11. The van der Waals surface area contributed by atoms with Gasteiger partial charge in [-0.2, -0.15) is 0 Å². The van der Waals surface area contributed by atoms with Gasteiger partial charge < -0.3 is 14.6 Å². The molecule has 0 spiro atoms. The molecule has 0 saturated carbocycles. The smallest absolute Gasteiger partial charge is 0.165 e. The number of rotatable bonds is 7. The molecule has 3 nitrogen and oxygen atoms in total. The molecule has 0 aliphatic heterocycles. The van der Waals surface area contributed by atoms with Gasteiger partial charge in [-0.15, -0.1) is 11.8 Å². The Morgan fingerprint density at radius 2 is 1.95 bits per heavy atom. The molecule has 22 heavy (non-hydrogen) atoms. The minimum atomic E-state index is -0.903. The van der Waals surface area contributed by atoms with E-state index in [-0.39, 0.29) is 12.4 Å². The fourth-order valence-corrected chi connectivity index (χ4v) is 2.75. The SMILES string of the molecule is CCSc1ccccc1OCC(O)c1ccc(OC)c(F)c1. The number of methoxy groups -OCH3 is 1. The van der Waals surface area contributed by atoms with Crippen molar-refractivity contribution < 1.29 is 19.0 Å². The lowest BCUT2D eigenvalue weighted by atomic mass is 10.1. The molecule has 118 valence electrons. The van der Waals surface area contributed by atoms with E-state index in [1.54, 1.807) is 17.8 Å². The van der Waals surface area contributed by atoms with Crippen molar-refractivity contribution in [3.05, 3.63) is 53.8 Å². The average molecular weight is 322 g/mol. The van der Waals surface area contributed by atoms with Gasteiger partial charge in [0.05, 0.1) is 7.11 Å². The summed E-state index contributed by atoms with van der Waals surface area (Å²) >= 11 is 1.67. The minimum Gasteiger partial charge on any atom is -0.494 e. The Balaban J connectivity index is 2.03. The van der Waals surface area contributed by atoms with Crippen LogP contribution in [-0.4, -0.2) is 24.6 Å². The first-order valence-electron chi connectivity index (χ1n) is 7.01. The van der Waals surface area contributed by atoms with Crippen LogP contribution in [0.3, 0.4) is 0 Å². The predicted molar refractivity (Wildman–Crippen MR) is 86.2 cm³/mol. The summed E-state index contributed by atoms with van der Waals surface area (Å²) in [5.74, 6) is 1.32. The van der Waals surface area contributed by atoms with Crippen molar-refractivity contribution in [2.45, 2.75) is 17.9 Å². The van der Waals surface area contributed by atoms with Crippen molar-refractivity contribution in [1.82, 2.24) is 0 Å². The van der Waals surface area contributed by atoms with Crippen molar-refractivity contribution in [1.29, 1.82) is 0 Å². The molecule has 0 amide bonds. The summed E-state index contributed by atoms with van der Waals surface area (Å²) in [5, 5.41) is 10.2. The fourth-order valence-electron chi connectivity index (χ4n) is 2.00. The Hall–Kier alpha value is -1.72. The molecule has 1 N–H and O–H groups in total. The van der Waals surface area contributed by atoms with Crippen LogP contribution in [0.15, 0.2) is 47.4 Å². The van der Waals surface area contributed by atoms with E-state index in [0.29, 0.717) is 5.56 Å². The molecule has 0 aliphatic carbocycles. The van der Waals surface area contributed by atoms with E-state index < -0.39 is 11.9 Å². The highest BCUT2D eigenvalue weighted by Crippen LogP contribution is 2.30. The van der Waals surface area contributed by atoms with Crippen molar-refractivity contribution >= 4 is 11.8 Å². The monoisotopic (exact) mass is 322 g/mol. The normalized spacial score (nSPS) is 12.0. The molecule has 0 bridgehead atoms. The summed E-state index contributed by atoms with van der Waals surface area (Å²) in [5.41, 5.74) is 0.457. The number of thioether (sulfide) groups is 1. The molecule has 0 radical (unpaired) electrons. The largest absolute Gasteiger partial charge is 0.494 e. The van der Waals surface area contributed by atoms with Gasteiger partial charge >= 0.3 is 0 Å². The Morgan fingerprint density at radius 1 is 1.18 bits per heavy atom. The summed E-state index contributed by atoms with van der Waals surface area (Å²) in [4.78, 5) is 1.03. The molecule has 0 heterocycles. The van der Waals surface area contributed by atoms with E-state index in [2.05, 4.69) is 6.92 Å². The second-order valence-electron chi connectivity index (χ2n) is 4.60. The highest BCUT2D eigenvalue weighted by atomic mass is 32.2. The third-order valence-corrected chi connectivity index (χ3v) is 4.04. The molecule has 0 fully saturated rings. The summed E-state index contributed by atoms with van der Waals surface area (Å²) < 4.78 is 24.2. The summed E-state index contributed by atoms with van der Waals surface area (Å²) in [6.45, 7) is 2.13. The van der Waals surface area contributed by atoms with Crippen LogP contribution >= 0.6 is 11.8 Å². The molecule has 0 aromatic heterocycles. The molecule has 2 rings (SSSR count). The van der Waals surface area contributed by atoms with Gasteiger partial charge in [0.2, 0.25) is 0 Å². The first-order chi connectivity index (χ1) is 10.7. The van der Waals surface area contributed by atoms with Crippen LogP contribution in [0.2, 0.25) is 0 Å². The van der Waals surface area contributed by atoms with Crippen LogP contribution in [0, 0.1) is 5.82 Å². The number of aliphatic hydroxyl groups is 1. The lowest BCUT2D eigenvalue weighted by Gasteiger charge is -2.15. The van der Waals surface area contributed by atoms with Crippen LogP contribution in [0.1, 0.15) is 18.6 Å². The van der Waals surface area contributed by atoms with Crippen LogP contribution < -0.4 is 9.47 Å². The number of ether oxygens (including phenoxy) is 2. The first-order valence-corrected chi connectivity index (χ1v) is 8.00. The Labute approximate surface area is 134 Å². The molecular formula is C17H19FO3S. The molecule has 0 saturated heterocycles. The van der Waals surface area contributed by atoms with Gasteiger partial charge in [0.25, 0.3) is 0 Å². The van der Waals surface area contributed by atoms with E-state index in [4.69, 9.17) is 9.47 Å². The number of aliphatic hydroxyl groups excluding tert-OH is 1. The zero-order chi connectivity index (χ0) is 15.9. The lowest BCUT2D eigenvalue weighted by molar-refractivity contribution is 0.106. The van der Waals surface area contributed by atoms with Gasteiger partial charge in [-0.25, -0.2) is 4.39 Å². The van der Waals surface area contributed by atoms with Crippen LogP contribution in [-0.2, 0) is 0 Å². The predicted octanol–water partition coefficient (Wildman–Crippen LogP) is 4.06. The number of para-hydroxylation sites is 1.